The highest BCUT2D eigenvalue weighted by Gasteiger charge is 2.32. The third-order valence-corrected chi connectivity index (χ3v) is 5.64. The Morgan fingerprint density at radius 1 is 1.23 bits per heavy atom. The van der Waals surface area contributed by atoms with Crippen molar-refractivity contribution in [2.24, 2.45) is 5.92 Å². The van der Waals surface area contributed by atoms with Crippen LogP contribution < -0.4 is 0 Å². The number of ether oxygens (including phenoxy) is 2. The fourth-order valence-electron chi connectivity index (χ4n) is 3.80. The van der Waals surface area contributed by atoms with Gasteiger partial charge in [0.1, 0.15) is 5.69 Å². The molecule has 0 bridgehead atoms. The first-order valence-corrected chi connectivity index (χ1v) is 9.76. The largest absolute Gasteiger partial charge is 0.461 e. The van der Waals surface area contributed by atoms with E-state index in [-0.39, 0.29) is 23.9 Å². The number of carbonyl (C=O) groups excluding carboxylic acids is 2. The lowest BCUT2D eigenvalue weighted by Crippen LogP contribution is -2.42. The number of aryl methyl sites for hydroxylation is 1. The molecule has 3 rings (SSSR count). The molecule has 0 spiro atoms. The predicted molar refractivity (Wildman–Crippen MR) is 98.0 cm³/mol. The molecule has 6 nitrogen and oxygen atoms in total. The van der Waals surface area contributed by atoms with E-state index in [0.717, 1.165) is 55.5 Å². The second-order valence-corrected chi connectivity index (χ2v) is 7.43. The minimum atomic E-state index is -0.338. The number of nitrogens with one attached hydrogen (secondary N) is 1. The zero-order valence-electron chi connectivity index (χ0n) is 16.1. The number of hydrogen-bond acceptors (Lipinski definition) is 4. The Morgan fingerprint density at radius 3 is 2.58 bits per heavy atom. The summed E-state index contributed by atoms with van der Waals surface area (Å²) in [6.07, 6.45) is 5.31. The highest BCUT2D eigenvalue weighted by molar-refractivity contribution is 5.90. The van der Waals surface area contributed by atoms with Crippen LogP contribution in [0.15, 0.2) is 0 Å². The van der Waals surface area contributed by atoms with E-state index in [4.69, 9.17) is 9.47 Å². The van der Waals surface area contributed by atoms with Crippen molar-refractivity contribution >= 4 is 11.9 Å². The molecule has 1 saturated carbocycles. The number of nitrogens with zero attached hydrogens (tertiary/aromatic N) is 1. The summed E-state index contributed by atoms with van der Waals surface area (Å²) >= 11 is 0. The third-order valence-electron chi connectivity index (χ3n) is 5.64. The van der Waals surface area contributed by atoms with Crippen LogP contribution in [-0.4, -0.2) is 47.6 Å². The van der Waals surface area contributed by atoms with Crippen molar-refractivity contribution < 1.29 is 19.1 Å². The number of H-pyrrole nitrogens is 1. The average Bonchev–Trinajstić information content (AvgIpc) is 3.15. The van der Waals surface area contributed by atoms with Gasteiger partial charge in [0.15, 0.2) is 0 Å². The van der Waals surface area contributed by atoms with Crippen LogP contribution in [0, 0.1) is 19.8 Å². The fraction of sp³-hybridized carbons (Fsp3) is 0.700. The van der Waals surface area contributed by atoms with Gasteiger partial charge in [-0.1, -0.05) is 6.42 Å². The van der Waals surface area contributed by atoms with Crippen molar-refractivity contribution in [1.29, 1.82) is 0 Å². The summed E-state index contributed by atoms with van der Waals surface area (Å²) in [7, 11) is 0. The van der Waals surface area contributed by atoms with E-state index in [0.29, 0.717) is 25.4 Å². The lowest BCUT2D eigenvalue weighted by atomic mass is 9.84. The fourth-order valence-corrected chi connectivity index (χ4v) is 3.80. The lowest BCUT2D eigenvalue weighted by molar-refractivity contribution is -0.140. The standard InChI is InChI=1S/C20H30N2O4/c1-4-25-20(24)18-13(2)17(14(3)21-18)12-22(11-16-9-6-10-26-16)19(23)15-7-5-8-15/h15-16,21H,4-12H2,1-3H3/t16-/m1/s1. The number of esters is 1. The SMILES string of the molecule is CCOC(=O)c1[nH]c(C)c(CN(C[C@H]2CCCO2)C(=O)C2CCC2)c1C. The predicted octanol–water partition coefficient (Wildman–Crippen LogP) is 3.12. The van der Waals surface area contributed by atoms with Crippen molar-refractivity contribution in [2.75, 3.05) is 19.8 Å². The van der Waals surface area contributed by atoms with Crippen molar-refractivity contribution in [1.82, 2.24) is 9.88 Å². The quantitative estimate of drug-likeness (QED) is 0.757. The molecular weight excluding hydrogens is 332 g/mol. The Morgan fingerprint density at radius 2 is 2.00 bits per heavy atom. The van der Waals surface area contributed by atoms with Gasteiger partial charge in [-0.25, -0.2) is 4.79 Å². The Hall–Kier alpha value is -1.82. The molecule has 1 aromatic heterocycles. The summed E-state index contributed by atoms with van der Waals surface area (Å²) in [6, 6.07) is 0. The van der Waals surface area contributed by atoms with Crippen LogP contribution in [0.3, 0.4) is 0 Å². The van der Waals surface area contributed by atoms with E-state index >= 15 is 0 Å². The van der Waals surface area contributed by atoms with Gasteiger partial charge in [-0.3, -0.25) is 4.79 Å². The summed E-state index contributed by atoms with van der Waals surface area (Å²) in [6.45, 7) is 7.94. The van der Waals surface area contributed by atoms with E-state index in [1.807, 2.05) is 18.7 Å². The smallest absolute Gasteiger partial charge is 0.355 e. The summed E-state index contributed by atoms with van der Waals surface area (Å²) < 4.78 is 10.9. The minimum Gasteiger partial charge on any atom is -0.461 e. The monoisotopic (exact) mass is 362 g/mol. The third kappa shape index (κ3) is 3.95. The van der Waals surface area contributed by atoms with Gasteiger partial charge in [0.2, 0.25) is 5.91 Å². The maximum atomic E-state index is 13.0. The Kier molecular flexibility index (Phi) is 6.01. The maximum Gasteiger partial charge on any atom is 0.355 e. The molecule has 2 heterocycles. The van der Waals surface area contributed by atoms with Crippen LogP contribution in [-0.2, 0) is 20.8 Å². The van der Waals surface area contributed by atoms with Gasteiger partial charge < -0.3 is 19.4 Å². The van der Waals surface area contributed by atoms with Crippen molar-refractivity contribution in [3.63, 3.8) is 0 Å². The number of aromatic nitrogens is 1. The van der Waals surface area contributed by atoms with E-state index in [9.17, 15) is 9.59 Å². The van der Waals surface area contributed by atoms with Crippen LogP contribution in [0.1, 0.15) is 66.3 Å². The zero-order valence-corrected chi connectivity index (χ0v) is 16.1. The Labute approximate surface area is 155 Å². The van der Waals surface area contributed by atoms with Gasteiger partial charge in [-0.2, -0.15) is 0 Å². The van der Waals surface area contributed by atoms with Gasteiger partial charge in [-0.15, -0.1) is 0 Å². The molecule has 26 heavy (non-hydrogen) atoms. The topological polar surface area (TPSA) is 71.6 Å². The van der Waals surface area contributed by atoms with Crippen molar-refractivity contribution in [3.8, 4) is 0 Å². The molecule has 1 amide bonds. The second kappa shape index (κ2) is 8.25. The summed E-state index contributed by atoms with van der Waals surface area (Å²) in [5.41, 5.74) is 3.30. The molecule has 1 aliphatic heterocycles. The Bertz CT molecular complexity index is 657. The van der Waals surface area contributed by atoms with Crippen molar-refractivity contribution in [2.45, 2.75) is 65.5 Å². The Balaban J connectivity index is 1.79. The second-order valence-electron chi connectivity index (χ2n) is 7.43. The van der Waals surface area contributed by atoms with Gasteiger partial charge >= 0.3 is 5.97 Å². The van der Waals surface area contributed by atoms with Crippen molar-refractivity contribution in [3.05, 3.63) is 22.5 Å². The molecule has 0 aromatic carbocycles. The molecule has 0 unspecified atom stereocenters. The summed E-state index contributed by atoms with van der Waals surface area (Å²) in [5, 5.41) is 0. The van der Waals surface area contributed by atoms with Crippen LogP contribution >= 0.6 is 0 Å². The molecule has 1 saturated heterocycles. The first kappa shape index (κ1) is 19.0. The normalized spacial score (nSPS) is 20.0. The highest BCUT2D eigenvalue weighted by Crippen LogP contribution is 2.30. The molecule has 1 aromatic rings. The zero-order chi connectivity index (χ0) is 18.7. The first-order valence-electron chi connectivity index (χ1n) is 9.76. The molecule has 2 aliphatic rings. The lowest BCUT2D eigenvalue weighted by Gasteiger charge is -2.33. The first-order chi connectivity index (χ1) is 12.5. The average molecular weight is 362 g/mol. The molecule has 1 aliphatic carbocycles. The van der Waals surface area contributed by atoms with Gasteiger partial charge in [-0.05, 0) is 57.6 Å². The minimum absolute atomic E-state index is 0.128. The summed E-state index contributed by atoms with van der Waals surface area (Å²) in [4.78, 5) is 30.2. The van der Waals surface area contributed by atoms with Gasteiger partial charge in [0.05, 0.1) is 12.7 Å². The van der Waals surface area contributed by atoms with Crippen LogP contribution in [0.4, 0.5) is 0 Å². The molecule has 2 fully saturated rings. The molecule has 0 radical (unpaired) electrons. The summed E-state index contributed by atoms with van der Waals surface area (Å²) in [5.74, 6) is 0.0419. The number of amides is 1. The molecule has 6 heteroatoms. The molecule has 144 valence electrons. The molecule has 1 N–H and O–H groups in total. The molecular formula is C20H30N2O4. The van der Waals surface area contributed by atoms with Crippen LogP contribution in [0.5, 0.6) is 0 Å². The van der Waals surface area contributed by atoms with Crippen LogP contribution in [0.25, 0.3) is 0 Å². The maximum absolute atomic E-state index is 13.0. The molecule has 1 atom stereocenters. The number of aromatic amines is 1. The number of rotatable bonds is 7. The van der Waals surface area contributed by atoms with Crippen LogP contribution in [0.2, 0.25) is 0 Å². The number of hydrogen-bond donors (Lipinski definition) is 1. The highest BCUT2D eigenvalue weighted by atomic mass is 16.5. The van der Waals surface area contributed by atoms with E-state index in [1.165, 1.54) is 0 Å². The van der Waals surface area contributed by atoms with Gasteiger partial charge in [0.25, 0.3) is 0 Å². The van der Waals surface area contributed by atoms with E-state index < -0.39 is 0 Å². The number of carbonyl (C=O) groups is 2. The van der Waals surface area contributed by atoms with E-state index in [1.54, 1.807) is 6.92 Å². The van der Waals surface area contributed by atoms with Gasteiger partial charge in [0, 0.05) is 31.3 Å². The van der Waals surface area contributed by atoms with E-state index in [2.05, 4.69) is 4.98 Å².